The van der Waals surface area contributed by atoms with E-state index in [1.54, 1.807) is 6.20 Å². The first-order valence-corrected chi connectivity index (χ1v) is 5.99. The molecule has 0 amide bonds. The smallest absolute Gasteiger partial charge is 0.122 e. The first-order chi connectivity index (χ1) is 8.05. The molecule has 1 aromatic heterocycles. The zero-order valence-corrected chi connectivity index (χ0v) is 10.7. The molecule has 0 aromatic carbocycles. The number of rotatable bonds is 3. The van der Waals surface area contributed by atoms with Gasteiger partial charge in [0.15, 0.2) is 0 Å². The van der Waals surface area contributed by atoms with E-state index >= 15 is 0 Å². The van der Waals surface area contributed by atoms with Crippen LogP contribution in [0.4, 0.5) is 0 Å². The first-order valence-electron chi connectivity index (χ1n) is 5.99. The van der Waals surface area contributed by atoms with Crippen molar-refractivity contribution in [2.24, 2.45) is 0 Å². The van der Waals surface area contributed by atoms with E-state index in [2.05, 4.69) is 24.1 Å². The summed E-state index contributed by atoms with van der Waals surface area (Å²) in [5.74, 6) is 0.851. The fraction of sp³-hybridized carbons (Fsp3) is 0.615. The molecule has 1 atom stereocenters. The summed E-state index contributed by atoms with van der Waals surface area (Å²) in [7, 11) is 0. The molecule has 1 saturated heterocycles. The van der Waals surface area contributed by atoms with Crippen molar-refractivity contribution in [2.45, 2.75) is 32.5 Å². The fourth-order valence-electron chi connectivity index (χ4n) is 1.96. The Labute approximate surface area is 102 Å². The predicted octanol–water partition coefficient (Wildman–Crippen LogP) is 1.54. The van der Waals surface area contributed by atoms with E-state index < -0.39 is 0 Å². The lowest BCUT2D eigenvalue weighted by Gasteiger charge is -2.36. The Morgan fingerprint density at radius 2 is 2.41 bits per heavy atom. The third-order valence-electron chi connectivity index (χ3n) is 2.71. The molecule has 2 heterocycles. The van der Waals surface area contributed by atoms with Crippen molar-refractivity contribution in [3.63, 3.8) is 0 Å². The van der Waals surface area contributed by atoms with Crippen LogP contribution in [-0.2, 0) is 4.74 Å². The van der Waals surface area contributed by atoms with Gasteiger partial charge in [-0.1, -0.05) is 0 Å². The Kier molecular flexibility index (Phi) is 3.64. The van der Waals surface area contributed by atoms with E-state index in [0.29, 0.717) is 6.61 Å². The van der Waals surface area contributed by atoms with Crippen LogP contribution in [0.15, 0.2) is 18.3 Å². The highest BCUT2D eigenvalue weighted by atomic mass is 16.5. The summed E-state index contributed by atoms with van der Waals surface area (Å²) in [6, 6.07) is 3.80. The normalized spacial score (nSPS) is 23.4. The second-order valence-electron chi connectivity index (χ2n) is 5.07. The van der Waals surface area contributed by atoms with Crippen LogP contribution < -0.4 is 10.1 Å². The van der Waals surface area contributed by atoms with Gasteiger partial charge >= 0.3 is 0 Å². The molecule has 0 aliphatic carbocycles. The van der Waals surface area contributed by atoms with Gasteiger partial charge in [-0.05, 0) is 26.8 Å². The van der Waals surface area contributed by atoms with Gasteiger partial charge in [0, 0.05) is 31.0 Å². The van der Waals surface area contributed by atoms with Crippen LogP contribution in [0.1, 0.15) is 19.5 Å². The highest BCUT2D eigenvalue weighted by Gasteiger charge is 2.28. The average molecular weight is 236 g/mol. The number of ether oxygens (including phenoxy) is 2. The molecule has 0 radical (unpaired) electrons. The Bertz CT molecular complexity index is 379. The van der Waals surface area contributed by atoms with Crippen molar-refractivity contribution in [1.82, 2.24) is 10.3 Å². The fourth-order valence-corrected chi connectivity index (χ4v) is 1.96. The molecule has 1 unspecified atom stereocenters. The molecular formula is C13H20N2O2. The zero-order valence-electron chi connectivity index (χ0n) is 10.7. The number of aryl methyl sites for hydroxylation is 1. The van der Waals surface area contributed by atoms with Crippen LogP contribution in [0.3, 0.4) is 0 Å². The minimum Gasteiger partial charge on any atom is -0.491 e. The molecular weight excluding hydrogens is 216 g/mol. The molecule has 1 N–H and O–H groups in total. The summed E-state index contributed by atoms with van der Waals surface area (Å²) < 4.78 is 11.6. The number of hydrogen-bond acceptors (Lipinski definition) is 4. The van der Waals surface area contributed by atoms with Gasteiger partial charge in [0.2, 0.25) is 0 Å². The summed E-state index contributed by atoms with van der Waals surface area (Å²) >= 11 is 0. The third kappa shape index (κ3) is 3.68. The number of hydrogen-bond donors (Lipinski definition) is 1. The molecule has 1 aromatic rings. The quantitative estimate of drug-likeness (QED) is 0.864. The van der Waals surface area contributed by atoms with Crippen molar-refractivity contribution >= 4 is 0 Å². The molecule has 0 bridgehead atoms. The van der Waals surface area contributed by atoms with Crippen molar-refractivity contribution in [2.75, 3.05) is 19.7 Å². The molecule has 4 heteroatoms. The monoisotopic (exact) mass is 236 g/mol. The van der Waals surface area contributed by atoms with Gasteiger partial charge in [0.1, 0.15) is 18.5 Å². The maximum atomic E-state index is 5.92. The second-order valence-corrected chi connectivity index (χ2v) is 5.07. The maximum Gasteiger partial charge on any atom is 0.122 e. The lowest BCUT2D eigenvalue weighted by atomic mass is 10.1. The maximum absolute atomic E-state index is 5.92. The SMILES string of the molecule is Cc1cc(OCC2CNCC(C)(C)O2)ccn1. The molecule has 1 fully saturated rings. The summed E-state index contributed by atoms with van der Waals surface area (Å²) in [6.07, 6.45) is 1.86. The number of nitrogens with zero attached hydrogens (tertiary/aromatic N) is 1. The summed E-state index contributed by atoms with van der Waals surface area (Å²) in [5.41, 5.74) is 0.853. The molecule has 94 valence electrons. The second kappa shape index (κ2) is 5.02. The lowest BCUT2D eigenvalue weighted by Crippen LogP contribution is -2.52. The van der Waals surface area contributed by atoms with Crippen molar-refractivity contribution in [3.8, 4) is 5.75 Å². The summed E-state index contributed by atoms with van der Waals surface area (Å²) in [6.45, 7) is 8.42. The largest absolute Gasteiger partial charge is 0.491 e. The van der Waals surface area contributed by atoms with Gasteiger partial charge < -0.3 is 14.8 Å². The number of nitrogens with one attached hydrogen (secondary N) is 1. The van der Waals surface area contributed by atoms with E-state index in [-0.39, 0.29) is 11.7 Å². The van der Waals surface area contributed by atoms with Crippen LogP contribution in [-0.4, -0.2) is 36.4 Å². The van der Waals surface area contributed by atoms with Gasteiger partial charge in [-0.2, -0.15) is 0 Å². The highest BCUT2D eigenvalue weighted by molar-refractivity contribution is 5.21. The summed E-state index contributed by atoms with van der Waals surface area (Å²) in [4.78, 5) is 4.13. The zero-order chi connectivity index (χ0) is 12.3. The topological polar surface area (TPSA) is 43.4 Å². The Morgan fingerprint density at radius 1 is 1.59 bits per heavy atom. The number of aromatic nitrogens is 1. The standard InChI is InChI=1S/C13H20N2O2/c1-10-6-11(4-5-15-10)16-8-12-7-14-9-13(2,3)17-12/h4-6,12,14H,7-9H2,1-3H3. The minimum atomic E-state index is -0.111. The molecule has 1 aliphatic heterocycles. The Balaban J connectivity index is 1.86. The molecule has 1 aliphatic rings. The molecule has 4 nitrogen and oxygen atoms in total. The van der Waals surface area contributed by atoms with Gasteiger partial charge in [-0.15, -0.1) is 0 Å². The predicted molar refractivity (Wildman–Crippen MR) is 66.3 cm³/mol. The summed E-state index contributed by atoms with van der Waals surface area (Å²) in [5, 5.41) is 3.36. The number of pyridine rings is 1. The molecule has 0 spiro atoms. The van der Waals surface area contributed by atoms with Crippen molar-refractivity contribution < 1.29 is 9.47 Å². The van der Waals surface area contributed by atoms with Crippen LogP contribution in [0.2, 0.25) is 0 Å². The van der Waals surface area contributed by atoms with E-state index in [4.69, 9.17) is 9.47 Å². The third-order valence-corrected chi connectivity index (χ3v) is 2.71. The van der Waals surface area contributed by atoms with Crippen LogP contribution in [0.25, 0.3) is 0 Å². The minimum absolute atomic E-state index is 0.104. The highest BCUT2D eigenvalue weighted by Crippen LogP contribution is 2.17. The Hall–Kier alpha value is -1.13. The van der Waals surface area contributed by atoms with Crippen LogP contribution >= 0.6 is 0 Å². The molecule has 0 saturated carbocycles. The van der Waals surface area contributed by atoms with Gasteiger partial charge in [-0.25, -0.2) is 0 Å². The Morgan fingerprint density at radius 3 is 3.12 bits per heavy atom. The van der Waals surface area contributed by atoms with Crippen LogP contribution in [0, 0.1) is 6.92 Å². The van der Waals surface area contributed by atoms with E-state index in [1.807, 2.05) is 19.1 Å². The van der Waals surface area contributed by atoms with E-state index in [9.17, 15) is 0 Å². The number of morpholine rings is 1. The van der Waals surface area contributed by atoms with Gasteiger partial charge in [0.25, 0.3) is 0 Å². The molecule has 2 rings (SSSR count). The van der Waals surface area contributed by atoms with E-state index in [0.717, 1.165) is 24.5 Å². The van der Waals surface area contributed by atoms with Crippen molar-refractivity contribution in [3.05, 3.63) is 24.0 Å². The lowest BCUT2D eigenvalue weighted by molar-refractivity contribution is -0.107. The van der Waals surface area contributed by atoms with Crippen LogP contribution in [0.5, 0.6) is 5.75 Å². The van der Waals surface area contributed by atoms with Gasteiger partial charge in [0.05, 0.1) is 5.60 Å². The van der Waals surface area contributed by atoms with Crippen molar-refractivity contribution in [1.29, 1.82) is 0 Å². The van der Waals surface area contributed by atoms with E-state index in [1.165, 1.54) is 0 Å². The first kappa shape index (κ1) is 12.3. The molecule has 17 heavy (non-hydrogen) atoms. The van der Waals surface area contributed by atoms with Gasteiger partial charge in [-0.3, -0.25) is 4.98 Å². The average Bonchev–Trinajstić information content (AvgIpc) is 2.25.